The van der Waals surface area contributed by atoms with Gasteiger partial charge >= 0.3 is 0 Å². The van der Waals surface area contributed by atoms with Crippen LogP contribution in [0, 0.1) is 0 Å². The lowest BCUT2D eigenvalue weighted by molar-refractivity contribution is 0.181. The number of benzene rings is 2. The molecule has 1 heterocycles. The van der Waals surface area contributed by atoms with Gasteiger partial charge in [0.2, 0.25) is 5.95 Å². The molecule has 0 fully saturated rings. The third kappa shape index (κ3) is 3.89. The molecule has 3 aromatic rings. The Balaban J connectivity index is 1.95. The van der Waals surface area contributed by atoms with Crippen LogP contribution >= 0.6 is 0 Å². The largest absolute Gasteiger partial charge is 0.496 e. The molecule has 0 saturated heterocycles. The first-order valence-corrected chi connectivity index (χ1v) is 9.05. The highest BCUT2D eigenvalue weighted by atomic mass is 16.5. The number of aromatic nitrogens is 2. The van der Waals surface area contributed by atoms with Crippen LogP contribution in [0.25, 0.3) is 10.9 Å². The Morgan fingerprint density at radius 2 is 2.00 bits per heavy atom. The van der Waals surface area contributed by atoms with Crippen molar-refractivity contribution >= 4 is 22.6 Å². The van der Waals surface area contributed by atoms with E-state index in [4.69, 9.17) is 9.47 Å². The van der Waals surface area contributed by atoms with Gasteiger partial charge in [-0.25, -0.2) is 10.4 Å². The maximum Gasteiger partial charge on any atom is 0.262 e. The topological polar surface area (TPSA) is 77.7 Å². The van der Waals surface area contributed by atoms with Gasteiger partial charge in [0, 0.05) is 19.2 Å². The van der Waals surface area contributed by atoms with Crippen LogP contribution in [0.15, 0.2) is 52.4 Å². The molecule has 0 aliphatic heterocycles. The molecule has 7 nitrogen and oxygen atoms in total. The van der Waals surface area contributed by atoms with Crippen LogP contribution in [0.5, 0.6) is 5.75 Å². The maximum atomic E-state index is 12.7. The molecule has 0 amide bonds. The van der Waals surface area contributed by atoms with Crippen molar-refractivity contribution < 1.29 is 9.47 Å². The number of nitrogens with zero attached hydrogens (tertiary/aromatic N) is 3. The number of hydrogen-bond donors (Lipinski definition) is 1. The molecular weight excluding hydrogens is 356 g/mol. The van der Waals surface area contributed by atoms with Crippen molar-refractivity contribution in [3.63, 3.8) is 0 Å². The van der Waals surface area contributed by atoms with Gasteiger partial charge in [-0.1, -0.05) is 12.1 Å². The van der Waals surface area contributed by atoms with Gasteiger partial charge in [0.15, 0.2) is 0 Å². The molecule has 0 spiro atoms. The van der Waals surface area contributed by atoms with Crippen molar-refractivity contribution in [2.45, 2.75) is 27.0 Å². The first-order chi connectivity index (χ1) is 13.6. The number of para-hydroxylation sites is 1. The van der Waals surface area contributed by atoms with Gasteiger partial charge in [-0.3, -0.25) is 9.36 Å². The average Bonchev–Trinajstić information content (AvgIpc) is 2.72. The summed E-state index contributed by atoms with van der Waals surface area (Å²) in [5.74, 6) is 1.18. The summed E-state index contributed by atoms with van der Waals surface area (Å²) in [6.45, 7) is 4.73. The summed E-state index contributed by atoms with van der Waals surface area (Å²) < 4.78 is 12.2. The maximum absolute atomic E-state index is 12.7. The fourth-order valence-corrected chi connectivity index (χ4v) is 3.02. The molecule has 0 aliphatic rings. The van der Waals surface area contributed by atoms with E-state index in [-0.39, 0.29) is 5.56 Å². The Hall–Kier alpha value is -3.19. The lowest BCUT2D eigenvalue weighted by Gasteiger charge is -2.12. The highest BCUT2D eigenvalue weighted by molar-refractivity contribution is 5.99. The second-order valence-electron chi connectivity index (χ2n) is 6.27. The number of anilines is 1. The fraction of sp³-hybridized carbons (Fsp3) is 0.286. The van der Waals surface area contributed by atoms with Gasteiger partial charge in [0.1, 0.15) is 5.75 Å². The molecule has 3 rings (SSSR count). The number of hydrogen-bond acceptors (Lipinski definition) is 6. The van der Waals surface area contributed by atoms with Crippen molar-refractivity contribution in [2.24, 2.45) is 5.10 Å². The minimum absolute atomic E-state index is 0.0877. The predicted octanol–water partition coefficient (Wildman–Crippen LogP) is 3.41. The summed E-state index contributed by atoms with van der Waals surface area (Å²) in [4.78, 5) is 17.2. The standard InChI is InChI=1S/C21H24N4O3/c1-5-25-20(26)17-8-6-7-9-18(17)22-21(25)24-23-14(2)15-10-11-19(28-4)16(12-15)13-27-3/h6-12H,5,13H2,1-4H3,(H,22,24)/b23-14-. The second kappa shape index (κ2) is 8.67. The van der Waals surface area contributed by atoms with Gasteiger partial charge in [0.05, 0.1) is 30.3 Å². The van der Waals surface area contributed by atoms with Crippen molar-refractivity contribution in [1.82, 2.24) is 9.55 Å². The van der Waals surface area contributed by atoms with E-state index in [2.05, 4.69) is 15.5 Å². The second-order valence-corrected chi connectivity index (χ2v) is 6.27. The molecule has 2 aromatic carbocycles. The number of nitrogens with one attached hydrogen (secondary N) is 1. The molecule has 28 heavy (non-hydrogen) atoms. The van der Waals surface area contributed by atoms with Crippen LogP contribution in [-0.2, 0) is 17.9 Å². The molecule has 0 aliphatic carbocycles. The van der Waals surface area contributed by atoms with Gasteiger partial charge < -0.3 is 9.47 Å². The lowest BCUT2D eigenvalue weighted by atomic mass is 10.1. The van der Waals surface area contributed by atoms with Crippen LogP contribution in [0.4, 0.5) is 5.95 Å². The number of rotatable bonds is 7. The molecule has 1 N–H and O–H groups in total. The molecule has 0 unspecified atom stereocenters. The van der Waals surface area contributed by atoms with Gasteiger partial charge in [0.25, 0.3) is 5.56 Å². The highest BCUT2D eigenvalue weighted by Gasteiger charge is 2.10. The summed E-state index contributed by atoms with van der Waals surface area (Å²) in [5.41, 5.74) is 6.12. The van der Waals surface area contributed by atoms with E-state index in [9.17, 15) is 4.79 Å². The molecule has 0 saturated carbocycles. The Bertz CT molecular complexity index is 1070. The molecule has 0 radical (unpaired) electrons. The van der Waals surface area contributed by atoms with Crippen molar-refractivity contribution in [3.8, 4) is 5.75 Å². The van der Waals surface area contributed by atoms with E-state index >= 15 is 0 Å². The Morgan fingerprint density at radius 3 is 2.71 bits per heavy atom. The number of fused-ring (bicyclic) bond motifs is 1. The van der Waals surface area contributed by atoms with Gasteiger partial charge in [-0.2, -0.15) is 5.10 Å². The normalized spacial score (nSPS) is 11.6. The Morgan fingerprint density at radius 1 is 1.21 bits per heavy atom. The number of hydrazone groups is 1. The molecular formula is C21H24N4O3. The van der Waals surface area contributed by atoms with E-state index < -0.39 is 0 Å². The summed E-state index contributed by atoms with van der Waals surface area (Å²) in [6, 6.07) is 13.1. The Kier molecular flexibility index (Phi) is 6.06. The summed E-state index contributed by atoms with van der Waals surface area (Å²) in [6.07, 6.45) is 0. The molecule has 0 atom stereocenters. The van der Waals surface area contributed by atoms with Crippen LogP contribution in [0.1, 0.15) is 25.0 Å². The first kappa shape index (κ1) is 19.6. The third-order valence-electron chi connectivity index (χ3n) is 4.50. The predicted molar refractivity (Wildman–Crippen MR) is 111 cm³/mol. The smallest absolute Gasteiger partial charge is 0.262 e. The quantitative estimate of drug-likeness (QED) is 0.502. The van der Waals surface area contributed by atoms with Gasteiger partial charge in [-0.15, -0.1) is 0 Å². The van der Waals surface area contributed by atoms with E-state index in [1.165, 1.54) is 0 Å². The van der Waals surface area contributed by atoms with E-state index in [0.29, 0.717) is 30.0 Å². The third-order valence-corrected chi connectivity index (χ3v) is 4.50. The summed E-state index contributed by atoms with van der Waals surface area (Å²) in [5, 5.41) is 5.03. The monoisotopic (exact) mass is 380 g/mol. The Labute approximate surface area is 163 Å². The SMILES string of the molecule is CCn1c(N/N=C(/C)c2ccc(OC)c(COC)c2)nc2ccccc2c1=O. The molecule has 0 bridgehead atoms. The van der Waals surface area contributed by atoms with Crippen LogP contribution in [0.3, 0.4) is 0 Å². The summed E-state index contributed by atoms with van der Waals surface area (Å²) >= 11 is 0. The van der Waals surface area contributed by atoms with Gasteiger partial charge in [-0.05, 0) is 49.7 Å². The highest BCUT2D eigenvalue weighted by Crippen LogP contribution is 2.21. The molecule has 7 heteroatoms. The van der Waals surface area contributed by atoms with Crippen molar-refractivity contribution in [3.05, 3.63) is 63.9 Å². The van der Waals surface area contributed by atoms with Crippen molar-refractivity contribution in [2.75, 3.05) is 19.6 Å². The minimum Gasteiger partial charge on any atom is -0.496 e. The van der Waals surface area contributed by atoms with Crippen molar-refractivity contribution in [1.29, 1.82) is 0 Å². The van der Waals surface area contributed by atoms with E-state index in [1.54, 1.807) is 24.9 Å². The van der Waals surface area contributed by atoms with E-state index in [1.807, 2.05) is 50.2 Å². The zero-order valence-electron chi connectivity index (χ0n) is 16.5. The lowest BCUT2D eigenvalue weighted by Crippen LogP contribution is -2.23. The minimum atomic E-state index is -0.0877. The zero-order valence-corrected chi connectivity index (χ0v) is 16.5. The van der Waals surface area contributed by atoms with Crippen LogP contribution in [-0.4, -0.2) is 29.5 Å². The van der Waals surface area contributed by atoms with E-state index in [0.717, 1.165) is 22.6 Å². The van der Waals surface area contributed by atoms with Crippen LogP contribution < -0.4 is 15.7 Å². The molecule has 146 valence electrons. The summed E-state index contributed by atoms with van der Waals surface area (Å²) in [7, 11) is 3.27. The first-order valence-electron chi connectivity index (χ1n) is 9.05. The van der Waals surface area contributed by atoms with Crippen LogP contribution in [0.2, 0.25) is 0 Å². The fourth-order valence-electron chi connectivity index (χ4n) is 3.02. The number of ether oxygens (including phenoxy) is 2. The average molecular weight is 380 g/mol. The zero-order chi connectivity index (χ0) is 20.1. The molecule has 1 aromatic heterocycles. The number of methoxy groups -OCH3 is 2.